The van der Waals surface area contributed by atoms with Crippen molar-refractivity contribution in [2.75, 3.05) is 11.8 Å². The molecule has 0 heterocycles. The van der Waals surface area contributed by atoms with Gasteiger partial charge in [-0.1, -0.05) is 42.8 Å². The number of sulfonamides is 1. The Balaban J connectivity index is 1.85. The van der Waals surface area contributed by atoms with Crippen LogP contribution in [0.5, 0.6) is 5.75 Å². The number of carbonyl (C=O) groups is 1. The lowest BCUT2D eigenvalue weighted by Crippen LogP contribution is -2.28. The van der Waals surface area contributed by atoms with Gasteiger partial charge in [-0.2, -0.15) is 0 Å². The van der Waals surface area contributed by atoms with Crippen molar-refractivity contribution in [3.05, 3.63) is 87.9 Å². The Hall–Kier alpha value is -3.03. The van der Waals surface area contributed by atoms with Crippen molar-refractivity contribution < 1.29 is 17.9 Å². The molecule has 2 N–H and O–H groups in total. The Morgan fingerprint density at radius 2 is 1.82 bits per heavy atom. The Bertz CT molecular complexity index is 1280. The van der Waals surface area contributed by atoms with Crippen molar-refractivity contribution in [1.29, 1.82) is 0 Å². The van der Waals surface area contributed by atoms with Crippen LogP contribution in [-0.2, 0) is 10.0 Å². The zero-order valence-corrected chi connectivity index (χ0v) is 20.5. The number of hydrogen-bond acceptors (Lipinski definition) is 4. The van der Waals surface area contributed by atoms with Crippen LogP contribution in [0.4, 0.5) is 5.69 Å². The van der Waals surface area contributed by atoms with Crippen molar-refractivity contribution in [3.8, 4) is 5.75 Å². The lowest BCUT2D eigenvalue weighted by molar-refractivity contribution is 0.0935. The minimum absolute atomic E-state index is 0.0320. The molecule has 0 aliphatic heterocycles. The molecule has 33 heavy (non-hydrogen) atoms. The van der Waals surface area contributed by atoms with Gasteiger partial charge >= 0.3 is 0 Å². The maximum atomic E-state index is 13.0. The molecule has 0 spiro atoms. The summed E-state index contributed by atoms with van der Waals surface area (Å²) in [6.45, 7) is 5.77. The number of benzene rings is 3. The molecule has 0 aliphatic rings. The van der Waals surface area contributed by atoms with Crippen LogP contribution in [0.25, 0.3) is 0 Å². The summed E-state index contributed by atoms with van der Waals surface area (Å²) in [5, 5.41) is 3.01. The van der Waals surface area contributed by atoms with Crippen LogP contribution in [0.15, 0.2) is 65.6 Å². The molecule has 0 unspecified atom stereocenters. The molecule has 3 aromatic carbocycles. The van der Waals surface area contributed by atoms with Crippen LogP contribution in [0.2, 0.25) is 5.02 Å². The summed E-state index contributed by atoms with van der Waals surface area (Å²) in [5.74, 6) is 0.382. The average molecular weight is 487 g/mol. The van der Waals surface area contributed by atoms with Crippen molar-refractivity contribution in [2.45, 2.75) is 38.1 Å². The number of nitrogens with one attached hydrogen (secondary N) is 2. The lowest BCUT2D eigenvalue weighted by atomic mass is 10.0. The minimum atomic E-state index is -3.99. The standard InChI is InChI=1S/C25H27ClN2O4S/c1-5-22(18-10-12-23(32-4)17(3)14-18)27-25(29)19-9-11-21(26)24(15-19)33(30,31)28-20-8-6-7-16(2)13-20/h6-15,22,28H,5H2,1-4H3,(H,27,29)/t22-/m1/s1. The first-order chi connectivity index (χ1) is 15.6. The summed E-state index contributed by atoms with van der Waals surface area (Å²) in [6, 6.07) is 16.7. The Kier molecular flexibility index (Phi) is 7.66. The van der Waals surface area contributed by atoms with Gasteiger partial charge < -0.3 is 10.1 Å². The van der Waals surface area contributed by atoms with E-state index in [0.717, 1.165) is 22.4 Å². The van der Waals surface area contributed by atoms with Gasteiger partial charge in [0.1, 0.15) is 10.6 Å². The molecule has 174 valence electrons. The van der Waals surface area contributed by atoms with E-state index in [1.165, 1.54) is 18.2 Å². The highest BCUT2D eigenvalue weighted by Crippen LogP contribution is 2.27. The number of carbonyl (C=O) groups excluding carboxylic acids is 1. The molecule has 0 fully saturated rings. The van der Waals surface area contributed by atoms with Gasteiger partial charge in [-0.3, -0.25) is 9.52 Å². The van der Waals surface area contributed by atoms with Gasteiger partial charge in [0.2, 0.25) is 0 Å². The third-order valence-corrected chi connectivity index (χ3v) is 7.15. The van der Waals surface area contributed by atoms with Crippen molar-refractivity contribution >= 4 is 33.2 Å². The van der Waals surface area contributed by atoms with Gasteiger partial charge in [0.25, 0.3) is 15.9 Å². The number of hydrogen-bond donors (Lipinski definition) is 2. The SMILES string of the molecule is CC[C@@H](NC(=O)c1ccc(Cl)c(S(=O)(=O)Nc2cccc(C)c2)c1)c1ccc(OC)c(C)c1. The van der Waals surface area contributed by atoms with E-state index in [0.29, 0.717) is 12.1 Å². The maximum absolute atomic E-state index is 13.0. The smallest absolute Gasteiger partial charge is 0.263 e. The van der Waals surface area contributed by atoms with Crippen LogP contribution in [0, 0.1) is 13.8 Å². The fourth-order valence-electron chi connectivity index (χ4n) is 3.55. The summed E-state index contributed by atoms with van der Waals surface area (Å²) >= 11 is 6.20. The highest BCUT2D eigenvalue weighted by atomic mass is 35.5. The van der Waals surface area contributed by atoms with Gasteiger partial charge in [-0.25, -0.2) is 8.42 Å². The predicted octanol–water partition coefficient (Wildman–Crippen LogP) is 5.65. The minimum Gasteiger partial charge on any atom is -0.496 e. The summed E-state index contributed by atoms with van der Waals surface area (Å²) < 4.78 is 33.8. The zero-order chi connectivity index (χ0) is 24.2. The summed E-state index contributed by atoms with van der Waals surface area (Å²) in [4.78, 5) is 12.8. The highest BCUT2D eigenvalue weighted by Gasteiger charge is 2.22. The average Bonchev–Trinajstić information content (AvgIpc) is 2.77. The Morgan fingerprint density at radius 3 is 2.45 bits per heavy atom. The van der Waals surface area contributed by atoms with Crippen LogP contribution >= 0.6 is 11.6 Å². The van der Waals surface area contributed by atoms with E-state index in [-0.39, 0.29) is 27.4 Å². The number of methoxy groups -OCH3 is 1. The number of aryl methyl sites for hydroxylation is 2. The number of rotatable bonds is 8. The molecule has 0 bridgehead atoms. The van der Waals surface area contributed by atoms with E-state index in [9.17, 15) is 13.2 Å². The second-order valence-corrected chi connectivity index (χ2v) is 9.84. The summed E-state index contributed by atoms with van der Waals surface area (Å²) in [5.41, 5.74) is 3.43. The number of amides is 1. The maximum Gasteiger partial charge on any atom is 0.263 e. The predicted molar refractivity (Wildman–Crippen MR) is 132 cm³/mol. The fourth-order valence-corrected chi connectivity index (χ4v) is 5.13. The van der Waals surface area contributed by atoms with Gasteiger partial charge in [0.15, 0.2) is 0 Å². The quantitative estimate of drug-likeness (QED) is 0.431. The molecule has 8 heteroatoms. The molecular formula is C25H27ClN2O4S. The number of anilines is 1. The lowest BCUT2D eigenvalue weighted by Gasteiger charge is -2.19. The Labute approximate surface area is 200 Å². The molecule has 0 aromatic heterocycles. The van der Waals surface area contributed by atoms with Gasteiger partial charge in [0, 0.05) is 11.3 Å². The summed E-state index contributed by atoms with van der Waals surface area (Å²) in [7, 11) is -2.38. The first-order valence-electron chi connectivity index (χ1n) is 10.5. The third kappa shape index (κ3) is 5.86. The number of halogens is 1. The van der Waals surface area contributed by atoms with Crippen LogP contribution in [0.3, 0.4) is 0 Å². The first kappa shape index (κ1) is 24.6. The zero-order valence-electron chi connectivity index (χ0n) is 19.0. The molecule has 1 amide bonds. The van der Waals surface area contributed by atoms with E-state index >= 15 is 0 Å². The molecule has 6 nitrogen and oxygen atoms in total. The van der Waals surface area contributed by atoms with Gasteiger partial charge in [-0.15, -0.1) is 0 Å². The molecular weight excluding hydrogens is 460 g/mol. The Morgan fingerprint density at radius 1 is 1.06 bits per heavy atom. The van der Waals surface area contributed by atoms with Crippen molar-refractivity contribution in [3.63, 3.8) is 0 Å². The largest absolute Gasteiger partial charge is 0.496 e. The molecule has 3 aromatic rings. The van der Waals surface area contributed by atoms with Gasteiger partial charge in [-0.05, 0) is 73.4 Å². The first-order valence-corrected chi connectivity index (χ1v) is 12.3. The highest BCUT2D eigenvalue weighted by molar-refractivity contribution is 7.92. The van der Waals surface area contributed by atoms with E-state index < -0.39 is 10.0 Å². The van der Waals surface area contributed by atoms with Crippen LogP contribution < -0.4 is 14.8 Å². The normalized spacial score (nSPS) is 12.2. The van der Waals surface area contributed by atoms with Crippen LogP contribution in [-0.4, -0.2) is 21.4 Å². The topological polar surface area (TPSA) is 84.5 Å². The molecule has 3 rings (SSSR count). The van der Waals surface area contributed by atoms with E-state index in [2.05, 4.69) is 10.0 Å². The molecule has 0 saturated heterocycles. The molecule has 1 atom stereocenters. The fraction of sp³-hybridized carbons (Fsp3) is 0.240. The molecule has 0 saturated carbocycles. The summed E-state index contributed by atoms with van der Waals surface area (Å²) in [6.07, 6.45) is 0.658. The van der Waals surface area contributed by atoms with Crippen molar-refractivity contribution in [1.82, 2.24) is 5.32 Å². The van der Waals surface area contributed by atoms with Gasteiger partial charge in [0.05, 0.1) is 18.2 Å². The second kappa shape index (κ2) is 10.3. The number of ether oxygens (including phenoxy) is 1. The van der Waals surface area contributed by atoms with E-state index in [1.807, 2.05) is 45.0 Å². The molecule has 0 radical (unpaired) electrons. The monoisotopic (exact) mass is 486 g/mol. The van der Waals surface area contributed by atoms with E-state index in [1.54, 1.807) is 25.3 Å². The van der Waals surface area contributed by atoms with E-state index in [4.69, 9.17) is 16.3 Å². The second-order valence-electron chi connectivity index (χ2n) is 7.78. The molecule has 0 aliphatic carbocycles. The third-order valence-electron chi connectivity index (χ3n) is 5.29. The van der Waals surface area contributed by atoms with Crippen molar-refractivity contribution in [2.24, 2.45) is 0 Å². The van der Waals surface area contributed by atoms with Crippen LogP contribution in [0.1, 0.15) is 46.4 Å².